The molecule has 1 aliphatic rings. The average molecular weight is 289 g/mol. The van der Waals surface area contributed by atoms with E-state index in [9.17, 15) is 18.4 Å². The van der Waals surface area contributed by atoms with Crippen LogP contribution in [-0.4, -0.2) is 36.0 Å². The highest BCUT2D eigenvalue weighted by Gasteiger charge is 2.37. The van der Waals surface area contributed by atoms with E-state index in [0.717, 1.165) is 6.08 Å². The van der Waals surface area contributed by atoms with Crippen molar-refractivity contribution in [2.75, 3.05) is 13.2 Å². The summed E-state index contributed by atoms with van der Waals surface area (Å²) in [5, 5.41) is 0. The van der Waals surface area contributed by atoms with E-state index in [1.165, 1.54) is 4.90 Å². The number of hydrogen-bond acceptors (Lipinski definition) is 3. The molecule has 4 nitrogen and oxygen atoms in total. The molecule has 1 saturated heterocycles. The Morgan fingerprint density at radius 2 is 2.15 bits per heavy atom. The van der Waals surface area contributed by atoms with Gasteiger partial charge in [-0.25, -0.2) is 4.79 Å². The van der Waals surface area contributed by atoms with Crippen molar-refractivity contribution in [1.82, 2.24) is 4.90 Å². The Bertz CT molecular complexity index is 392. The lowest BCUT2D eigenvalue weighted by Crippen LogP contribution is -2.43. The molecule has 0 aromatic rings. The zero-order valence-corrected chi connectivity index (χ0v) is 12.1. The van der Waals surface area contributed by atoms with Crippen LogP contribution in [0.3, 0.4) is 0 Å². The van der Waals surface area contributed by atoms with E-state index in [1.54, 1.807) is 6.92 Å². The second-order valence-electron chi connectivity index (χ2n) is 5.41. The molecule has 0 radical (unpaired) electrons. The summed E-state index contributed by atoms with van der Waals surface area (Å²) in [6.07, 6.45) is -0.577. The molecule has 0 N–H and O–H groups in total. The van der Waals surface area contributed by atoms with Crippen LogP contribution in [0.5, 0.6) is 0 Å². The number of carbonyl (C=O) groups is 2. The van der Waals surface area contributed by atoms with Crippen molar-refractivity contribution < 1.29 is 23.1 Å². The first-order chi connectivity index (χ1) is 9.35. The molecule has 0 unspecified atom stereocenters. The molecule has 1 fully saturated rings. The van der Waals surface area contributed by atoms with Gasteiger partial charge in [0.25, 0.3) is 6.08 Å². The number of esters is 1. The summed E-state index contributed by atoms with van der Waals surface area (Å²) < 4.78 is 29.6. The largest absolute Gasteiger partial charge is 0.464 e. The maximum absolute atomic E-state index is 12.2. The van der Waals surface area contributed by atoms with Crippen molar-refractivity contribution in [1.29, 1.82) is 0 Å². The summed E-state index contributed by atoms with van der Waals surface area (Å²) in [6, 6.07) is -0.678. The van der Waals surface area contributed by atoms with E-state index < -0.39 is 24.0 Å². The van der Waals surface area contributed by atoms with Gasteiger partial charge in [0, 0.05) is 18.9 Å². The fourth-order valence-corrected chi connectivity index (χ4v) is 2.21. The standard InChI is InChI=1S/C14H21F2NO3/c1-4-11(14(19)20-8-9(2)3)17-7-10(5-12(15)16)6-13(17)18/h5,9-11H,4,6-8H2,1-3H3/t10-,11+/m1/s1. The predicted octanol–water partition coefficient (Wildman–Crippen LogP) is 2.59. The highest BCUT2D eigenvalue weighted by molar-refractivity contribution is 5.86. The molecule has 6 heteroatoms. The zero-order valence-electron chi connectivity index (χ0n) is 12.1. The molecule has 2 atom stereocenters. The van der Waals surface area contributed by atoms with Crippen molar-refractivity contribution in [3.63, 3.8) is 0 Å². The SMILES string of the molecule is CC[C@@H](C(=O)OCC(C)C)N1C[C@H](C=C(F)F)CC1=O. The van der Waals surface area contributed by atoms with Crippen LogP contribution in [0.15, 0.2) is 12.2 Å². The van der Waals surface area contributed by atoms with Crippen LogP contribution in [0.25, 0.3) is 0 Å². The Kier molecular flexibility index (Phi) is 6.10. The lowest BCUT2D eigenvalue weighted by Gasteiger charge is -2.25. The molecule has 0 aliphatic carbocycles. The smallest absolute Gasteiger partial charge is 0.328 e. The molecule has 1 heterocycles. The third-order valence-corrected chi connectivity index (χ3v) is 3.14. The van der Waals surface area contributed by atoms with Crippen LogP contribution in [0.4, 0.5) is 8.78 Å². The average Bonchev–Trinajstić information content (AvgIpc) is 2.68. The Balaban J connectivity index is 2.68. The van der Waals surface area contributed by atoms with Crippen molar-refractivity contribution >= 4 is 11.9 Å². The second-order valence-corrected chi connectivity index (χ2v) is 5.41. The number of nitrogens with zero attached hydrogens (tertiary/aromatic N) is 1. The topological polar surface area (TPSA) is 46.6 Å². The Hall–Kier alpha value is -1.46. The normalized spacial score (nSPS) is 20.2. The van der Waals surface area contributed by atoms with E-state index in [0.29, 0.717) is 13.0 Å². The van der Waals surface area contributed by atoms with Crippen LogP contribution < -0.4 is 0 Å². The molecule has 0 bridgehead atoms. The van der Waals surface area contributed by atoms with E-state index >= 15 is 0 Å². The molecular formula is C14H21F2NO3. The molecule has 20 heavy (non-hydrogen) atoms. The summed E-state index contributed by atoms with van der Waals surface area (Å²) >= 11 is 0. The van der Waals surface area contributed by atoms with Crippen LogP contribution in [0.1, 0.15) is 33.6 Å². The number of amides is 1. The number of ether oxygens (including phenoxy) is 1. The summed E-state index contributed by atoms with van der Waals surface area (Å²) in [7, 11) is 0. The number of hydrogen-bond donors (Lipinski definition) is 0. The molecule has 0 aromatic carbocycles. The number of rotatable bonds is 6. The van der Waals surface area contributed by atoms with Crippen molar-refractivity contribution in [3.8, 4) is 0 Å². The summed E-state index contributed by atoms with van der Waals surface area (Å²) in [4.78, 5) is 25.2. The highest BCUT2D eigenvalue weighted by Crippen LogP contribution is 2.24. The number of likely N-dealkylation sites (tertiary alicyclic amines) is 1. The minimum absolute atomic E-state index is 0.0191. The van der Waals surface area contributed by atoms with Crippen molar-refractivity contribution in [2.24, 2.45) is 11.8 Å². The van der Waals surface area contributed by atoms with Crippen molar-refractivity contribution in [2.45, 2.75) is 39.7 Å². The maximum atomic E-state index is 12.2. The van der Waals surface area contributed by atoms with Gasteiger partial charge >= 0.3 is 5.97 Å². The first-order valence-corrected chi connectivity index (χ1v) is 6.84. The van der Waals surface area contributed by atoms with E-state index in [-0.39, 0.29) is 24.8 Å². The van der Waals surface area contributed by atoms with Gasteiger partial charge in [0.1, 0.15) is 6.04 Å². The predicted molar refractivity (Wildman–Crippen MR) is 70.0 cm³/mol. The van der Waals surface area contributed by atoms with Gasteiger partial charge in [-0.3, -0.25) is 4.79 Å². The number of carbonyl (C=O) groups excluding carboxylic acids is 2. The Morgan fingerprint density at radius 1 is 1.50 bits per heavy atom. The quantitative estimate of drug-likeness (QED) is 0.706. The monoisotopic (exact) mass is 289 g/mol. The van der Waals surface area contributed by atoms with E-state index in [1.807, 2.05) is 13.8 Å². The third kappa shape index (κ3) is 4.58. The molecule has 0 saturated carbocycles. The fraction of sp³-hybridized carbons (Fsp3) is 0.714. The van der Waals surface area contributed by atoms with E-state index in [2.05, 4.69) is 0 Å². The molecule has 1 amide bonds. The molecule has 0 aromatic heterocycles. The van der Waals surface area contributed by atoms with Crippen LogP contribution in [0.2, 0.25) is 0 Å². The minimum atomic E-state index is -1.79. The summed E-state index contributed by atoms with van der Waals surface area (Å²) in [6.45, 7) is 6.04. The Morgan fingerprint density at radius 3 is 2.65 bits per heavy atom. The minimum Gasteiger partial charge on any atom is -0.464 e. The van der Waals surface area contributed by atoms with Crippen LogP contribution in [-0.2, 0) is 14.3 Å². The summed E-state index contributed by atoms with van der Waals surface area (Å²) in [5.74, 6) is -1.05. The van der Waals surface area contributed by atoms with E-state index in [4.69, 9.17) is 4.74 Å². The third-order valence-electron chi connectivity index (χ3n) is 3.14. The molecule has 1 rings (SSSR count). The lowest BCUT2D eigenvalue weighted by atomic mass is 10.1. The molecule has 114 valence electrons. The van der Waals surface area contributed by atoms with Gasteiger partial charge in [-0.05, 0) is 18.4 Å². The highest BCUT2D eigenvalue weighted by atomic mass is 19.3. The van der Waals surface area contributed by atoms with Gasteiger partial charge in [-0.2, -0.15) is 8.78 Å². The second kappa shape index (κ2) is 7.36. The van der Waals surface area contributed by atoms with Gasteiger partial charge in [0.05, 0.1) is 6.61 Å². The van der Waals surface area contributed by atoms with Crippen LogP contribution in [0, 0.1) is 11.8 Å². The summed E-state index contributed by atoms with van der Waals surface area (Å²) in [5.41, 5.74) is 0. The van der Waals surface area contributed by atoms with Gasteiger partial charge < -0.3 is 9.64 Å². The molecule has 0 spiro atoms. The molecular weight excluding hydrogens is 268 g/mol. The Labute approximate surface area is 117 Å². The first kappa shape index (κ1) is 16.6. The fourth-order valence-electron chi connectivity index (χ4n) is 2.21. The number of halogens is 2. The van der Waals surface area contributed by atoms with Gasteiger partial charge in [-0.1, -0.05) is 20.8 Å². The van der Waals surface area contributed by atoms with Crippen LogP contribution >= 0.6 is 0 Å². The van der Waals surface area contributed by atoms with Gasteiger partial charge in [0.2, 0.25) is 5.91 Å². The van der Waals surface area contributed by atoms with Crippen molar-refractivity contribution in [3.05, 3.63) is 12.2 Å². The zero-order chi connectivity index (χ0) is 15.3. The lowest BCUT2D eigenvalue weighted by molar-refractivity contribution is -0.154. The van der Waals surface area contributed by atoms with Gasteiger partial charge in [0.15, 0.2) is 0 Å². The first-order valence-electron chi connectivity index (χ1n) is 6.84. The van der Waals surface area contributed by atoms with Gasteiger partial charge in [-0.15, -0.1) is 0 Å². The molecule has 1 aliphatic heterocycles. The maximum Gasteiger partial charge on any atom is 0.328 e.